The first-order valence-electron chi connectivity index (χ1n) is 6.85. The number of anilines is 2. The summed E-state index contributed by atoms with van der Waals surface area (Å²) in [4.78, 5) is 16.3. The third-order valence-corrected chi connectivity index (χ3v) is 5.21. The molecule has 1 unspecified atom stereocenters. The number of pyridine rings is 1. The molecule has 1 amide bonds. The molecule has 0 aliphatic heterocycles. The van der Waals surface area contributed by atoms with E-state index in [4.69, 9.17) is 16.9 Å². The highest BCUT2D eigenvalue weighted by Crippen LogP contribution is 2.27. The van der Waals surface area contributed by atoms with Crippen LogP contribution >= 0.6 is 11.6 Å². The highest BCUT2D eigenvalue weighted by atomic mass is 35.5. The Morgan fingerprint density at radius 1 is 1.40 bits per heavy atom. The van der Waals surface area contributed by atoms with Gasteiger partial charge in [-0.2, -0.15) is 5.26 Å². The van der Waals surface area contributed by atoms with E-state index in [0.717, 1.165) is 0 Å². The fourth-order valence-electron chi connectivity index (χ4n) is 1.86. The smallest absolute Gasteiger partial charge is 0.273 e. The van der Waals surface area contributed by atoms with Gasteiger partial charge in [-0.3, -0.25) is 4.79 Å². The van der Waals surface area contributed by atoms with Crippen molar-refractivity contribution in [3.05, 3.63) is 34.7 Å². The van der Waals surface area contributed by atoms with Crippen LogP contribution < -0.4 is 10.6 Å². The van der Waals surface area contributed by atoms with Crippen molar-refractivity contribution in [1.29, 1.82) is 5.26 Å². The van der Waals surface area contributed by atoms with E-state index in [1.165, 1.54) is 38.7 Å². The van der Waals surface area contributed by atoms with Crippen molar-refractivity contribution < 1.29 is 9.00 Å². The van der Waals surface area contributed by atoms with E-state index in [-0.39, 0.29) is 32.8 Å². The molecule has 1 atom stereocenters. The Labute approximate surface area is 149 Å². The summed E-state index contributed by atoms with van der Waals surface area (Å²) in [6, 6.07) is 4.76. The van der Waals surface area contributed by atoms with Crippen molar-refractivity contribution in [3.8, 4) is 6.07 Å². The van der Waals surface area contributed by atoms with E-state index in [9.17, 15) is 9.00 Å². The molecule has 0 saturated heterocycles. The third kappa shape index (κ3) is 4.01. The van der Waals surface area contributed by atoms with Crippen molar-refractivity contribution in [2.24, 2.45) is 4.36 Å². The third-order valence-electron chi connectivity index (χ3n) is 3.20. The zero-order chi connectivity index (χ0) is 18.6. The quantitative estimate of drug-likeness (QED) is 0.823. The molecule has 0 aliphatic carbocycles. The van der Waals surface area contributed by atoms with Crippen LogP contribution in [0.5, 0.6) is 0 Å². The maximum Gasteiger partial charge on any atom is 0.273 e. The van der Waals surface area contributed by atoms with Crippen LogP contribution in [0.15, 0.2) is 27.6 Å². The van der Waals surface area contributed by atoms with E-state index >= 15 is 0 Å². The lowest BCUT2D eigenvalue weighted by Gasteiger charge is -2.14. The summed E-state index contributed by atoms with van der Waals surface area (Å²) >= 11 is 5.85. The lowest BCUT2D eigenvalue weighted by atomic mass is 10.2. The van der Waals surface area contributed by atoms with E-state index < -0.39 is 15.6 Å². The second kappa shape index (κ2) is 7.42. The van der Waals surface area contributed by atoms with Crippen LogP contribution in [0.25, 0.3) is 0 Å². The molecule has 2 aromatic rings. The molecule has 0 saturated carbocycles. The summed E-state index contributed by atoms with van der Waals surface area (Å²) in [5.41, 5.74) is 0.445. The van der Waals surface area contributed by atoms with Gasteiger partial charge in [-0.25, -0.2) is 13.6 Å². The van der Waals surface area contributed by atoms with Gasteiger partial charge in [-0.05, 0) is 6.07 Å². The number of nitriles is 1. The predicted molar refractivity (Wildman–Crippen MR) is 93.4 cm³/mol. The van der Waals surface area contributed by atoms with Crippen LogP contribution in [0.3, 0.4) is 0 Å². The topological polar surface area (TPSA) is 133 Å². The summed E-state index contributed by atoms with van der Waals surface area (Å²) in [6.45, 7) is 0. The first-order valence-corrected chi connectivity index (χ1v) is 9.15. The number of carbonyl (C=O) groups excluding carboxylic acids is 1. The molecule has 0 bridgehead atoms. The lowest BCUT2D eigenvalue weighted by molar-refractivity contribution is 0.0958. The van der Waals surface area contributed by atoms with Gasteiger partial charge in [0.25, 0.3) is 5.91 Å². The van der Waals surface area contributed by atoms with Crippen molar-refractivity contribution in [2.45, 2.75) is 4.90 Å². The van der Waals surface area contributed by atoms with Crippen LogP contribution in [0.2, 0.25) is 5.15 Å². The number of rotatable bonds is 4. The molecule has 130 valence electrons. The van der Waals surface area contributed by atoms with Gasteiger partial charge in [0, 0.05) is 32.6 Å². The van der Waals surface area contributed by atoms with Gasteiger partial charge in [-0.15, -0.1) is 10.2 Å². The summed E-state index contributed by atoms with van der Waals surface area (Å²) in [5.74, 6) is -0.314. The van der Waals surface area contributed by atoms with Crippen LogP contribution in [-0.4, -0.2) is 45.6 Å². The molecule has 0 fully saturated rings. The number of aromatic nitrogens is 3. The fraction of sp³-hybridized carbons (Fsp3) is 0.214. The molecule has 0 spiro atoms. The minimum Gasteiger partial charge on any atom is -0.354 e. The van der Waals surface area contributed by atoms with Gasteiger partial charge in [0.15, 0.2) is 10.8 Å². The Kier molecular flexibility index (Phi) is 5.51. The average Bonchev–Trinajstić information content (AvgIpc) is 2.61. The van der Waals surface area contributed by atoms with Crippen LogP contribution in [-0.2, 0) is 9.73 Å². The molecule has 11 heteroatoms. The minimum absolute atomic E-state index is 0.0138. The van der Waals surface area contributed by atoms with Crippen LogP contribution in [0, 0.1) is 11.3 Å². The molecule has 0 radical (unpaired) electrons. The standard InChI is InChI=1S/C14H14ClN7O2S/c1-17-14(23)12-9(5-11(15)21-22-12)20-13-10(25(3,24)18-2)4-8(6-16)7-19-13/h4-5,7H,1-3H3,(H,17,23)(H,19,20,21). The molecular weight excluding hydrogens is 366 g/mol. The zero-order valence-corrected chi connectivity index (χ0v) is 15.1. The van der Waals surface area contributed by atoms with Gasteiger partial charge in [0.2, 0.25) is 0 Å². The van der Waals surface area contributed by atoms with E-state index in [0.29, 0.717) is 0 Å². The monoisotopic (exact) mass is 379 g/mol. The molecule has 2 heterocycles. The number of hydrogen-bond donors (Lipinski definition) is 2. The zero-order valence-electron chi connectivity index (χ0n) is 13.6. The molecule has 0 aliphatic rings. The first-order chi connectivity index (χ1) is 11.8. The molecule has 2 rings (SSSR count). The number of halogens is 1. The number of nitrogens with zero attached hydrogens (tertiary/aromatic N) is 5. The maximum atomic E-state index is 12.7. The highest BCUT2D eigenvalue weighted by molar-refractivity contribution is 7.93. The summed E-state index contributed by atoms with van der Waals surface area (Å²) in [6.07, 6.45) is 2.74. The number of amides is 1. The summed E-state index contributed by atoms with van der Waals surface area (Å²) in [5, 5.41) is 21.8. The Morgan fingerprint density at radius 3 is 2.72 bits per heavy atom. The number of nitrogens with one attached hydrogen (secondary N) is 2. The molecule has 9 nitrogen and oxygen atoms in total. The highest BCUT2D eigenvalue weighted by Gasteiger charge is 2.19. The van der Waals surface area contributed by atoms with Gasteiger partial charge in [-0.1, -0.05) is 11.6 Å². The van der Waals surface area contributed by atoms with Gasteiger partial charge in [0.05, 0.1) is 25.9 Å². The Morgan fingerprint density at radius 2 is 2.12 bits per heavy atom. The fourth-order valence-corrected chi connectivity index (χ4v) is 3.02. The Balaban J connectivity index is 2.63. The summed E-state index contributed by atoms with van der Waals surface area (Å²) in [7, 11) is 0.0547. The van der Waals surface area contributed by atoms with Gasteiger partial charge in [0.1, 0.15) is 11.9 Å². The van der Waals surface area contributed by atoms with Crippen molar-refractivity contribution >= 4 is 38.7 Å². The second-order valence-corrected chi connectivity index (χ2v) is 7.60. The van der Waals surface area contributed by atoms with Crippen molar-refractivity contribution in [2.75, 3.05) is 25.7 Å². The van der Waals surface area contributed by atoms with Crippen molar-refractivity contribution in [1.82, 2.24) is 20.5 Å². The predicted octanol–water partition coefficient (Wildman–Crippen LogP) is 1.59. The molecule has 2 N–H and O–H groups in total. The van der Waals surface area contributed by atoms with Gasteiger partial charge >= 0.3 is 0 Å². The Bertz CT molecular complexity index is 993. The number of hydrogen-bond acceptors (Lipinski definition) is 8. The molecule has 0 aromatic carbocycles. The van der Waals surface area contributed by atoms with Crippen LogP contribution in [0.1, 0.15) is 16.1 Å². The van der Waals surface area contributed by atoms with Crippen molar-refractivity contribution in [3.63, 3.8) is 0 Å². The van der Waals surface area contributed by atoms with Crippen LogP contribution in [0.4, 0.5) is 11.5 Å². The first kappa shape index (κ1) is 18.6. The normalized spacial score (nSPS) is 12.6. The number of carbonyl (C=O) groups is 1. The minimum atomic E-state index is -2.80. The molecule has 25 heavy (non-hydrogen) atoms. The van der Waals surface area contributed by atoms with Gasteiger partial charge < -0.3 is 10.6 Å². The average molecular weight is 380 g/mol. The maximum absolute atomic E-state index is 12.7. The van der Waals surface area contributed by atoms with E-state index in [1.54, 1.807) is 0 Å². The SMILES string of the molecule is CN=S(C)(=O)c1cc(C#N)cnc1Nc1cc(Cl)nnc1C(=O)NC. The molecule has 2 aromatic heterocycles. The summed E-state index contributed by atoms with van der Waals surface area (Å²) < 4.78 is 16.6. The van der Waals surface area contributed by atoms with E-state index in [2.05, 4.69) is 30.2 Å². The largest absolute Gasteiger partial charge is 0.354 e. The van der Waals surface area contributed by atoms with E-state index in [1.807, 2.05) is 6.07 Å². The molecular formula is C14H14ClN7O2S. The Hall–Kier alpha value is -2.77. The second-order valence-electron chi connectivity index (χ2n) is 4.80. The lowest BCUT2D eigenvalue weighted by Crippen LogP contribution is -2.21.